The van der Waals surface area contributed by atoms with Crippen LogP contribution in [0.4, 0.5) is 0 Å². The number of rotatable bonds is 9. The fraction of sp³-hybridized carbons (Fsp3) is 0.409. The highest BCUT2D eigenvalue weighted by Gasteiger charge is 2.48. The average molecular weight is 491 g/mol. The maximum absolute atomic E-state index is 12.4. The molecular formula is C22H26N4O5S2. The first-order valence-corrected chi connectivity index (χ1v) is 12.9. The second kappa shape index (κ2) is 10.8. The summed E-state index contributed by atoms with van der Waals surface area (Å²) in [5, 5.41) is 12.6. The smallest absolute Gasteiger partial charge is 0.263 e. The number of benzene rings is 1. The highest BCUT2D eigenvalue weighted by molar-refractivity contribution is 8.15. The lowest BCUT2D eigenvalue weighted by atomic mass is 10.1. The molecule has 1 aromatic carbocycles. The van der Waals surface area contributed by atoms with E-state index < -0.39 is 15.7 Å². The molecular weight excluding hydrogens is 464 g/mol. The zero-order chi connectivity index (χ0) is 24.0. The molecule has 176 valence electrons. The Labute approximate surface area is 198 Å². The second-order valence-electron chi connectivity index (χ2n) is 7.50. The van der Waals surface area contributed by atoms with Crippen molar-refractivity contribution in [3.8, 4) is 17.6 Å². The molecule has 2 saturated heterocycles. The van der Waals surface area contributed by atoms with Gasteiger partial charge in [-0.15, -0.1) is 6.58 Å². The van der Waals surface area contributed by atoms with E-state index in [1.807, 2.05) is 23.1 Å². The van der Waals surface area contributed by atoms with Crippen LogP contribution in [-0.2, 0) is 21.1 Å². The van der Waals surface area contributed by atoms with Crippen molar-refractivity contribution >= 4 is 32.7 Å². The minimum atomic E-state index is -3.07. The summed E-state index contributed by atoms with van der Waals surface area (Å²) in [4.78, 5) is 18.7. The summed E-state index contributed by atoms with van der Waals surface area (Å²) in [6.07, 6.45) is 3.46. The Balaban J connectivity index is 1.63. The van der Waals surface area contributed by atoms with E-state index in [2.05, 4.69) is 16.9 Å². The van der Waals surface area contributed by atoms with Crippen LogP contribution in [-0.4, -0.2) is 74.5 Å². The third kappa shape index (κ3) is 5.89. The van der Waals surface area contributed by atoms with E-state index in [4.69, 9.17) is 9.47 Å². The van der Waals surface area contributed by atoms with Crippen LogP contribution in [0.2, 0.25) is 0 Å². The second-order valence-corrected chi connectivity index (χ2v) is 10.9. The molecule has 2 aliphatic rings. The molecule has 2 heterocycles. The van der Waals surface area contributed by atoms with Gasteiger partial charge in [0.25, 0.3) is 5.91 Å². The summed E-state index contributed by atoms with van der Waals surface area (Å²) >= 11 is 1.36. The van der Waals surface area contributed by atoms with Gasteiger partial charge in [0, 0.05) is 18.3 Å². The summed E-state index contributed by atoms with van der Waals surface area (Å²) in [6.45, 7) is 4.49. The topological polar surface area (TPSA) is 121 Å². The Bertz CT molecular complexity index is 1120. The third-order valence-corrected chi connectivity index (χ3v) is 8.58. The number of nitrogens with zero attached hydrogens (tertiary/aromatic N) is 3. The van der Waals surface area contributed by atoms with Crippen LogP contribution in [0.1, 0.15) is 5.56 Å². The number of nitrogens with one attached hydrogen (secondary N) is 1. The molecule has 0 aromatic heterocycles. The predicted octanol–water partition coefficient (Wildman–Crippen LogP) is 1.53. The van der Waals surface area contributed by atoms with Crippen molar-refractivity contribution in [3.05, 3.63) is 48.2 Å². The highest BCUT2D eigenvalue weighted by Crippen LogP contribution is 2.38. The molecule has 2 atom stereocenters. The summed E-state index contributed by atoms with van der Waals surface area (Å²) in [5.74, 6) is 0.869. The van der Waals surface area contributed by atoms with Gasteiger partial charge in [0.1, 0.15) is 11.6 Å². The number of sulfone groups is 1. The van der Waals surface area contributed by atoms with Crippen molar-refractivity contribution in [2.75, 3.05) is 38.8 Å². The number of nitriles is 1. The summed E-state index contributed by atoms with van der Waals surface area (Å²) in [7, 11) is 0.0469. The lowest BCUT2D eigenvalue weighted by molar-refractivity contribution is -0.117. The van der Waals surface area contributed by atoms with Gasteiger partial charge in [0.15, 0.2) is 26.5 Å². The van der Waals surface area contributed by atoms with Crippen LogP contribution >= 0.6 is 11.8 Å². The van der Waals surface area contributed by atoms with E-state index >= 15 is 0 Å². The van der Waals surface area contributed by atoms with Gasteiger partial charge < -0.3 is 19.7 Å². The summed E-state index contributed by atoms with van der Waals surface area (Å²) < 4.78 is 34.4. The minimum absolute atomic E-state index is 0.0724. The van der Waals surface area contributed by atoms with Crippen LogP contribution in [0.25, 0.3) is 0 Å². The zero-order valence-electron chi connectivity index (χ0n) is 18.5. The number of aliphatic imine (C=N–C) groups is 1. The molecule has 1 N–H and O–H groups in total. The maximum Gasteiger partial charge on any atom is 0.263 e. The molecule has 2 aliphatic heterocycles. The number of thioether (sulfide) groups is 1. The molecule has 9 nitrogen and oxygen atoms in total. The lowest BCUT2D eigenvalue weighted by Gasteiger charge is -2.22. The van der Waals surface area contributed by atoms with Gasteiger partial charge in [0.05, 0.1) is 38.0 Å². The molecule has 3 rings (SSSR count). The standard InChI is InChI=1S/C22H26N4O5S2/c1-4-9-26-17-13-33(28,29)14-20(17)32-22(26)25-12-16(11-23)21(27)24-8-7-15-5-6-18(30-2)19(10-15)31-3/h4-6,10,12,17,20H,1,7-9,13-14H2,2-3H3,(H,24,27)/b16-12-,25-22?/t17-,20+/m0/s1. The molecule has 0 aliphatic carbocycles. The van der Waals surface area contributed by atoms with Crippen molar-refractivity contribution in [1.82, 2.24) is 10.2 Å². The quantitative estimate of drug-likeness (QED) is 0.314. The first kappa shape index (κ1) is 24.7. The van der Waals surface area contributed by atoms with Gasteiger partial charge in [-0.2, -0.15) is 5.26 Å². The summed E-state index contributed by atoms with van der Waals surface area (Å²) in [5.41, 5.74) is 0.818. The first-order valence-electron chi connectivity index (χ1n) is 10.2. The van der Waals surface area contributed by atoms with Crippen molar-refractivity contribution in [2.24, 2.45) is 4.99 Å². The Morgan fingerprint density at radius 2 is 2.12 bits per heavy atom. The van der Waals surface area contributed by atoms with E-state index in [1.54, 1.807) is 26.4 Å². The van der Waals surface area contributed by atoms with Crippen LogP contribution < -0.4 is 14.8 Å². The molecule has 0 radical (unpaired) electrons. The van der Waals surface area contributed by atoms with E-state index in [9.17, 15) is 18.5 Å². The average Bonchev–Trinajstić information content (AvgIpc) is 3.26. The first-order chi connectivity index (χ1) is 15.8. The predicted molar refractivity (Wildman–Crippen MR) is 128 cm³/mol. The monoisotopic (exact) mass is 490 g/mol. The number of amidine groups is 1. The zero-order valence-corrected chi connectivity index (χ0v) is 20.1. The minimum Gasteiger partial charge on any atom is -0.493 e. The fourth-order valence-electron chi connectivity index (χ4n) is 3.71. The van der Waals surface area contributed by atoms with Crippen LogP contribution in [0.5, 0.6) is 11.5 Å². The van der Waals surface area contributed by atoms with E-state index in [-0.39, 0.29) is 28.4 Å². The highest BCUT2D eigenvalue weighted by atomic mass is 32.2. The SMILES string of the molecule is C=CCN1C(=N/C=C(/C#N)C(=O)NCCc2ccc(OC)c(OC)c2)S[C@@H]2CS(=O)(=O)C[C@@H]21. The van der Waals surface area contributed by atoms with E-state index in [0.717, 1.165) is 5.56 Å². The van der Waals surface area contributed by atoms with Crippen molar-refractivity contribution in [1.29, 1.82) is 5.26 Å². The van der Waals surface area contributed by atoms with Crippen LogP contribution in [0.3, 0.4) is 0 Å². The number of carbonyl (C=O) groups is 1. The molecule has 1 aromatic rings. The van der Waals surface area contributed by atoms with Gasteiger partial charge in [-0.05, 0) is 24.1 Å². The van der Waals surface area contributed by atoms with E-state index in [1.165, 1.54) is 18.0 Å². The molecule has 2 fully saturated rings. The number of hydrogen-bond acceptors (Lipinski definition) is 8. The van der Waals surface area contributed by atoms with Crippen LogP contribution in [0.15, 0.2) is 47.6 Å². The summed E-state index contributed by atoms with van der Waals surface area (Å²) in [6, 6.07) is 7.21. The molecule has 0 spiro atoms. The largest absolute Gasteiger partial charge is 0.493 e. The molecule has 0 unspecified atom stereocenters. The van der Waals surface area contributed by atoms with Crippen molar-refractivity contribution in [3.63, 3.8) is 0 Å². The molecule has 0 bridgehead atoms. The Morgan fingerprint density at radius 3 is 2.79 bits per heavy atom. The Morgan fingerprint density at radius 1 is 1.36 bits per heavy atom. The van der Waals surface area contributed by atoms with Gasteiger partial charge in [0.2, 0.25) is 0 Å². The number of hydrogen-bond donors (Lipinski definition) is 1. The Hall–Kier alpha value is -2.97. The van der Waals surface area contributed by atoms with Crippen molar-refractivity contribution in [2.45, 2.75) is 17.7 Å². The molecule has 1 amide bonds. The normalized spacial score (nSPS) is 22.5. The third-order valence-electron chi connectivity index (χ3n) is 5.32. The molecule has 33 heavy (non-hydrogen) atoms. The number of methoxy groups -OCH3 is 2. The number of carbonyl (C=O) groups excluding carboxylic acids is 1. The van der Waals surface area contributed by atoms with Gasteiger partial charge in [-0.25, -0.2) is 13.4 Å². The number of fused-ring (bicyclic) bond motifs is 1. The van der Waals surface area contributed by atoms with E-state index in [0.29, 0.717) is 36.2 Å². The molecule has 11 heteroatoms. The van der Waals surface area contributed by atoms with Gasteiger partial charge in [-0.3, -0.25) is 4.79 Å². The lowest BCUT2D eigenvalue weighted by Crippen LogP contribution is -2.37. The van der Waals surface area contributed by atoms with Gasteiger partial charge >= 0.3 is 0 Å². The fourth-order valence-corrected chi connectivity index (χ4v) is 7.65. The Kier molecular flexibility index (Phi) is 8.05. The number of ether oxygens (including phenoxy) is 2. The number of amides is 1. The molecule has 0 saturated carbocycles. The van der Waals surface area contributed by atoms with Crippen LogP contribution in [0, 0.1) is 11.3 Å². The van der Waals surface area contributed by atoms with Gasteiger partial charge in [-0.1, -0.05) is 23.9 Å². The maximum atomic E-state index is 12.4. The van der Waals surface area contributed by atoms with Crippen molar-refractivity contribution < 1.29 is 22.7 Å².